The van der Waals surface area contributed by atoms with Crippen LogP contribution in [-0.4, -0.2) is 4.92 Å². The molecule has 5 heteroatoms. The number of rotatable bonds is 3. The molecule has 4 nitrogen and oxygen atoms in total. The first-order chi connectivity index (χ1) is 10.1. The fraction of sp³-hybridized carbons (Fsp3) is 0.250. The van der Waals surface area contributed by atoms with Gasteiger partial charge in [0.25, 0.3) is 5.69 Å². The molecule has 1 aliphatic rings. The second-order valence-electron chi connectivity index (χ2n) is 5.30. The summed E-state index contributed by atoms with van der Waals surface area (Å²) < 4.78 is 13.7. The van der Waals surface area contributed by atoms with Crippen molar-refractivity contribution < 1.29 is 9.31 Å². The summed E-state index contributed by atoms with van der Waals surface area (Å²) >= 11 is 0. The van der Waals surface area contributed by atoms with E-state index in [1.54, 1.807) is 19.1 Å². The standard InChI is InChI=1S/C16H15FN2O2/c1-10-5-6-11(9-16(10)19(20)21)18-15-8-7-12-13(15)3-2-4-14(12)17/h2-6,9,15,18H,7-8H2,1H3. The normalized spacial score (nSPS) is 16.6. The second kappa shape index (κ2) is 5.16. The van der Waals surface area contributed by atoms with Crippen LogP contribution in [-0.2, 0) is 6.42 Å². The summed E-state index contributed by atoms with van der Waals surface area (Å²) in [6.07, 6.45) is 1.48. The van der Waals surface area contributed by atoms with Crippen LogP contribution in [0.4, 0.5) is 15.8 Å². The smallest absolute Gasteiger partial charge is 0.274 e. The lowest BCUT2D eigenvalue weighted by Gasteiger charge is -2.15. The van der Waals surface area contributed by atoms with Crippen molar-refractivity contribution in [3.63, 3.8) is 0 Å². The molecule has 108 valence electrons. The highest BCUT2D eigenvalue weighted by Gasteiger charge is 2.25. The highest BCUT2D eigenvalue weighted by atomic mass is 19.1. The first-order valence-electron chi connectivity index (χ1n) is 6.85. The van der Waals surface area contributed by atoms with Gasteiger partial charge < -0.3 is 5.32 Å². The van der Waals surface area contributed by atoms with Crippen molar-refractivity contribution in [1.29, 1.82) is 0 Å². The van der Waals surface area contributed by atoms with Gasteiger partial charge in [-0.1, -0.05) is 18.2 Å². The average molecular weight is 286 g/mol. The van der Waals surface area contributed by atoms with E-state index in [0.29, 0.717) is 17.7 Å². The predicted molar refractivity (Wildman–Crippen MR) is 78.9 cm³/mol. The Labute approximate surface area is 121 Å². The Kier molecular flexibility index (Phi) is 3.33. The number of nitrogens with one attached hydrogen (secondary N) is 1. The van der Waals surface area contributed by atoms with Crippen molar-refractivity contribution in [2.75, 3.05) is 5.32 Å². The van der Waals surface area contributed by atoms with Gasteiger partial charge in [-0.3, -0.25) is 10.1 Å². The summed E-state index contributed by atoms with van der Waals surface area (Å²) in [5.74, 6) is -0.174. The lowest BCUT2D eigenvalue weighted by Crippen LogP contribution is -2.07. The molecule has 1 N–H and O–H groups in total. The molecule has 0 saturated heterocycles. The Balaban J connectivity index is 1.88. The maximum atomic E-state index is 13.7. The molecule has 0 radical (unpaired) electrons. The summed E-state index contributed by atoms with van der Waals surface area (Å²) in [5, 5.41) is 14.3. The van der Waals surface area contributed by atoms with Crippen molar-refractivity contribution in [2.45, 2.75) is 25.8 Å². The van der Waals surface area contributed by atoms with Crippen molar-refractivity contribution >= 4 is 11.4 Å². The number of aryl methyl sites for hydroxylation is 1. The van der Waals surface area contributed by atoms with E-state index in [-0.39, 0.29) is 22.5 Å². The molecule has 0 bridgehead atoms. The molecular weight excluding hydrogens is 271 g/mol. The van der Waals surface area contributed by atoms with E-state index in [1.807, 2.05) is 12.1 Å². The van der Waals surface area contributed by atoms with Gasteiger partial charge in [0.15, 0.2) is 0 Å². The number of nitro groups is 1. The Morgan fingerprint density at radius 1 is 1.33 bits per heavy atom. The Hall–Kier alpha value is -2.43. The molecule has 2 aromatic carbocycles. The number of halogens is 1. The van der Waals surface area contributed by atoms with Crippen molar-refractivity contribution in [2.24, 2.45) is 0 Å². The van der Waals surface area contributed by atoms with Gasteiger partial charge in [0.05, 0.1) is 11.0 Å². The van der Waals surface area contributed by atoms with Gasteiger partial charge in [-0.2, -0.15) is 0 Å². The van der Waals surface area contributed by atoms with Crippen LogP contribution in [0.5, 0.6) is 0 Å². The van der Waals surface area contributed by atoms with Crippen molar-refractivity contribution in [1.82, 2.24) is 0 Å². The molecule has 0 fully saturated rings. The zero-order valence-corrected chi connectivity index (χ0v) is 11.6. The quantitative estimate of drug-likeness (QED) is 0.681. The molecule has 21 heavy (non-hydrogen) atoms. The van der Waals surface area contributed by atoms with E-state index in [0.717, 1.165) is 17.5 Å². The number of anilines is 1. The van der Waals surface area contributed by atoms with Gasteiger partial charge in [-0.15, -0.1) is 0 Å². The molecule has 1 atom stereocenters. The molecular formula is C16H15FN2O2. The number of nitrogens with zero attached hydrogens (tertiary/aromatic N) is 1. The molecule has 3 rings (SSSR count). The van der Waals surface area contributed by atoms with Crippen LogP contribution in [0, 0.1) is 22.9 Å². The molecule has 0 spiro atoms. The van der Waals surface area contributed by atoms with Crippen LogP contribution in [0.3, 0.4) is 0 Å². The summed E-state index contributed by atoms with van der Waals surface area (Å²) in [5.41, 5.74) is 3.10. The van der Waals surface area contributed by atoms with E-state index in [9.17, 15) is 14.5 Å². The van der Waals surface area contributed by atoms with Crippen LogP contribution in [0.15, 0.2) is 36.4 Å². The summed E-state index contributed by atoms with van der Waals surface area (Å²) in [6, 6.07) is 10.2. The highest BCUT2D eigenvalue weighted by molar-refractivity contribution is 5.56. The minimum absolute atomic E-state index is 0.00184. The average Bonchev–Trinajstić information content (AvgIpc) is 2.85. The predicted octanol–water partition coefficient (Wildman–Crippen LogP) is 4.14. The van der Waals surface area contributed by atoms with E-state index in [4.69, 9.17) is 0 Å². The summed E-state index contributed by atoms with van der Waals surface area (Å²) in [7, 11) is 0. The van der Waals surface area contributed by atoms with Gasteiger partial charge in [-0.25, -0.2) is 4.39 Å². The van der Waals surface area contributed by atoms with Gasteiger partial charge in [0.1, 0.15) is 5.82 Å². The Bertz CT molecular complexity index is 715. The van der Waals surface area contributed by atoms with Crippen molar-refractivity contribution in [3.8, 4) is 0 Å². The molecule has 0 heterocycles. The molecule has 1 unspecified atom stereocenters. The highest BCUT2D eigenvalue weighted by Crippen LogP contribution is 2.36. The number of benzene rings is 2. The van der Waals surface area contributed by atoms with Crippen molar-refractivity contribution in [3.05, 3.63) is 69.0 Å². The minimum Gasteiger partial charge on any atom is -0.378 e. The maximum Gasteiger partial charge on any atom is 0.274 e. The molecule has 0 amide bonds. The molecule has 0 aliphatic heterocycles. The third-order valence-corrected chi connectivity index (χ3v) is 3.96. The lowest BCUT2D eigenvalue weighted by atomic mass is 10.1. The third-order valence-electron chi connectivity index (χ3n) is 3.96. The first-order valence-corrected chi connectivity index (χ1v) is 6.85. The van der Waals surface area contributed by atoms with Crippen LogP contribution < -0.4 is 5.32 Å². The fourth-order valence-electron chi connectivity index (χ4n) is 2.86. The Morgan fingerprint density at radius 2 is 2.14 bits per heavy atom. The van der Waals surface area contributed by atoms with Crippen LogP contribution in [0.2, 0.25) is 0 Å². The first kappa shape index (κ1) is 13.5. The fourth-order valence-corrected chi connectivity index (χ4v) is 2.86. The largest absolute Gasteiger partial charge is 0.378 e. The van der Waals surface area contributed by atoms with E-state index >= 15 is 0 Å². The summed E-state index contributed by atoms with van der Waals surface area (Å²) in [4.78, 5) is 10.6. The minimum atomic E-state index is -0.386. The zero-order valence-electron chi connectivity index (χ0n) is 11.6. The van der Waals surface area contributed by atoms with Crippen LogP contribution >= 0.6 is 0 Å². The molecule has 1 aliphatic carbocycles. The number of hydrogen-bond acceptors (Lipinski definition) is 3. The topological polar surface area (TPSA) is 55.2 Å². The monoisotopic (exact) mass is 286 g/mol. The SMILES string of the molecule is Cc1ccc(NC2CCc3c(F)cccc32)cc1[N+](=O)[O-]. The van der Waals surface area contributed by atoms with Crippen LogP contribution in [0.1, 0.15) is 29.2 Å². The van der Waals surface area contributed by atoms with E-state index in [2.05, 4.69) is 5.32 Å². The molecule has 2 aromatic rings. The van der Waals surface area contributed by atoms with Gasteiger partial charge in [0.2, 0.25) is 0 Å². The van der Waals surface area contributed by atoms with Crippen LogP contribution in [0.25, 0.3) is 0 Å². The Morgan fingerprint density at radius 3 is 2.90 bits per heavy atom. The van der Waals surface area contributed by atoms with E-state index in [1.165, 1.54) is 12.1 Å². The molecule has 0 aromatic heterocycles. The maximum absolute atomic E-state index is 13.7. The van der Waals surface area contributed by atoms with Gasteiger partial charge in [0, 0.05) is 17.3 Å². The number of hydrogen-bond donors (Lipinski definition) is 1. The summed E-state index contributed by atoms with van der Waals surface area (Å²) in [6.45, 7) is 1.71. The van der Waals surface area contributed by atoms with E-state index < -0.39 is 0 Å². The van der Waals surface area contributed by atoms with Gasteiger partial charge >= 0.3 is 0 Å². The second-order valence-corrected chi connectivity index (χ2v) is 5.30. The molecule has 0 saturated carbocycles. The lowest BCUT2D eigenvalue weighted by molar-refractivity contribution is -0.385. The zero-order chi connectivity index (χ0) is 15.0. The number of nitro benzene ring substituents is 1. The third kappa shape index (κ3) is 2.46. The number of fused-ring (bicyclic) bond motifs is 1. The van der Waals surface area contributed by atoms with Gasteiger partial charge in [-0.05, 0) is 43.0 Å².